The fraction of sp³-hybridized carbons (Fsp3) is 0.444. The molecular weight excluding hydrogens is 324 g/mol. The number of carbonyl (C=O) groups excluding carboxylic acids is 1. The van der Waals surface area contributed by atoms with Crippen molar-refractivity contribution >= 4 is 17.7 Å². The number of ether oxygens (including phenoxy) is 1. The first-order valence-electron chi connectivity index (χ1n) is 7.95. The zero-order valence-electron chi connectivity index (χ0n) is 14.5. The highest BCUT2D eigenvalue weighted by Crippen LogP contribution is 2.23. The first-order chi connectivity index (χ1) is 11.5. The van der Waals surface area contributed by atoms with E-state index in [4.69, 9.17) is 9.15 Å². The van der Waals surface area contributed by atoms with Gasteiger partial charge in [0.1, 0.15) is 12.0 Å². The number of hydrogen-bond acceptors (Lipinski definition) is 5. The average Bonchev–Trinajstić information content (AvgIpc) is 3.03. The second kappa shape index (κ2) is 8.78. The molecule has 1 unspecified atom stereocenters. The van der Waals surface area contributed by atoms with Gasteiger partial charge in [-0.15, -0.1) is 11.8 Å². The van der Waals surface area contributed by atoms with Gasteiger partial charge in [-0.2, -0.15) is 0 Å². The van der Waals surface area contributed by atoms with Crippen LogP contribution < -0.4 is 10.1 Å². The summed E-state index contributed by atoms with van der Waals surface area (Å²) in [7, 11) is 1.63. The van der Waals surface area contributed by atoms with Gasteiger partial charge in [-0.1, -0.05) is 13.8 Å². The second-order valence-electron chi connectivity index (χ2n) is 5.97. The molecule has 5 nitrogen and oxygen atoms in total. The quantitative estimate of drug-likeness (QED) is 0.787. The number of nitrogens with zero attached hydrogens (tertiary/aromatic N) is 1. The second-order valence-corrected chi connectivity index (χ2v) is 6.95. The minimum absolute atomic E-state index is 0.0556. The summed E-state index contributed by atoms with van der Waals surface area (Å²) in [4.78, 5) is 16.3. The minimum atomic E-state index is 0.0556. The molecule has 6 heteroatoms. The summed E-state index contributed by atoms with van der Waals surface area (Å²) in [6.07, 6.45) is 1.64. The number of aromatic nitrogens is 1. The van der Waals surface area contributed by atoms with Crippen LogP contribution in [0.25, 0.3) is 11.5 Å². The number of carbonyl (C=O) groups is 1. The molecule has 1 N–H and O–H groups in total. The summed E-state index contributed by atoms with van der Waals surface area (Å²) in [5, 5.41) is 2.99. The summed E-state index contributed by atoms with van der Waals surface area (Å²) in [5.41, 5.74) is 1.73. The van der Waals surface area contributed by atoms with Gasteiger partial charge in [0.05, 0.1) is 18.6 Å². The number of thioether (sulfide) groups is 1. The predicted molar refractivity (Wildman–Crippen MR) is 97.1 cm³/mol. The van der Waals surface area contributed by atoms with E-state index in [0.29, 0.717) is 23.3 Å². The number of hydrogen-bond donors (Lipinski definition) is 1. The lowest BCUT2D eigenvalue weighted by molar-refractivity contribution is -0.119. The highest BCUT2D eigenvalue weighted by molar-refractivity contribution is 7.99. The molecule has 0 radical (unpaired) electrons. The number of rotatable bonds is 8. The Morgan fingerprint density at radius 2 is 2.00 bits per heavy atom. The van der Waals surface area contributed by atoms with E-state index in [1.807, 2.05) is 31.2 Å². The molecule has 1 atom stereocenters. The lowest BCUT2D eigenvalue weighted by Crippen LogP contribution is -2.37. The van der Waals surface area contributed by atoms with Crippen molar-refractivity contribution < 1.29 is 13.9 Å². The Morgan fingerprint density at radius 3 is 2.62 bits per heavy atom. The van der Waals surface area contributed by atoms with Gasteiger partial charge in [0.25, 0.3) is 0 Å². The molecule has 0 aliphatic carbocycles. The Kier molecular flexibility index (Phi) is 6.73. The van der Waals surface area contributed by atoms with Crippen molar-refractivity contribution in [1.29, 1.82) is 0 Å². The fourth-order valence-corrected chi connectivity index (χ4v) is 2.66. The monoisotopic (exact) mass is 348 g/mol. The smallest absolute Gasteiger partial charge is 0.230 e. The topological polar surface area (TPSA) is 64.4 Å². The maximum Gasteiger partial charge on any atom is 0.230 e. The fourth-order valence-electron chi connectivity index (χ4n) is 1.95. The number of amides is 1. The Labute approximate surface area is 147 Å². The molecule has 2 rings (SSSR count). The number of methoxy groups -OCH3 is 1. The first-order valence-corrected chi connectivity index (χ1v) is 9.11. The van der Waals surface area contributed by atoms with Gasteiger partial charge in [0, 0.05) is 17.4 Å². The van der Waals surface area contributed by atoms with Gasteiger partial charge in [-0.05, 0) is 37.1 Å². The maximum absolute atomic E-state index is 11.8. The van der Waals surface area contributed by atoms with Crippen molar-refractivity contribution in [2.75, 3.05) is 12.9 Å². The molecule has 1 aromatic carbocycles. The van der Waals surface area contributed by atoms with Crippen molar-refractivity contribution in [3.05, 3.63) is 36.2 Å². The van der Waals surface area contributed by atoms with Crippen molar-refractivity contribution in [2.45, 2.75) is 32.6 Å². The molecule has 0 aliphatic rings. The highest BCUT2D eigenvalue weighted by Gasteiger charge is 2.12. The Balaban J connectivity index is 1.82. The standard InChI is InChI=1S/C18H24N2O3S/c1-12(2)13(3)19-17(21)11-24-10-15-9-23-18(20-15)14-5-7-16(22-4)8-6-14/h5-9,12-13H,10-11H2,1-4H3,(H,19,21). The normalized spacial score (nSPS) is 12.2. The largest absolute Gasteiger partial charge is 0.497 e. The van der Waals surface area contributed by atoms with E-state index in [1.54, 1.807) is 13.4 Å². The summed E-state index contributed by atoms with van der Waals surface area (Å²) < 4.78 is 10.6. The van der Waals surface area contributed by atoms with Crippen LogP contribution in [0, 0.1) is 5.92 Å². The molecule has 0 fully saturated rings. The molecule has 0 spiro atoms. The molecule has 130 valence electrons. The van der Waals surface area contributed by atoms with Crippen molar-refractivity contribution in [3.63, 3.8) is 0 Å². The molecule has 2 aromatic rings. The third-order valence-corrected chi connectivity index (χ3v) is 4.73. The van der Waals surface area contributed by atoms with Crippen LogP contribution in [0.3, 0.4) is 0 Å². The lowest BCUT2D eigenvalue weighted by Gasteiger charge is -2.17. The summed E-state index contributed by atoms with van der Waals surface area (Å²) in [6.45, 7) is 6.20. The van der Waals surface area contributed by atoms with Gasteiger partial charge in [0.15, 0.2) is 0 Å². The summed E-state index contributed by atoms with van der Waals surface area (Å²) >= 11 is 1.53. The Morgan fingerprint density at radius 1 is 1.29 bits per heavy atom. The molecule has 24 heavy (non-hydrogen) atoms. The summed E-state index contributed by atoms with van der Waals surface area (Å²) in [5.74, 6) is 2.92. The van der Waals surface area contributed by atoms with E-state index in [1.165, 1.54) is 11.8 Å². The van der Waals surface area contributed by atoms with E-state index in [-0.39, 0.29) is 11.9 Å². The van der Waals surface area contributed by atoms with Crippen molar-refractivity contribution in [2.24, 2.45) is 5.92 Å². The number of oxazole rings is 1. The molecular formula is C18H24N2O3S. The molecule has 1 heterocycles. The van der Waals surface area contributed by atoms with Crippen molar-refractivity contribution in [1.82, 2.24) is 10.3 Å². The minimum Gasteiger partial charge on any atom is -0.497 e. The van der Waals surface area contributed by atoms with E-state index in [0.717, 1.165) is 17.0 Å². The lowest BCUT2D eigenvalue weighted by atomic mass is 10.1. The van der Waals surface area contributed by atoms with Crippen LogP contribution in [0.5, 0.6) is 5.75 Å². The molecule has 1 aromatic heterocycles. The van der Waals surface area contributed by atoms with E-state index < -0.39 is 0 Å². The highest BCUT2D eigenvalue weighted by atomic mass is 32.2. The third-order valence-electron chi connectivity index (χ3n) is 3.76. The Bertz CT molecular complexity index is 653. The van der Waals surface area contributed by atoms with Crippen LogP contribution in [0.15, 0.2) is 34.9 Å². The van der Waals surface area contributed by atoms with Crippen LogP contribution in [0.4, 0.5) is 0 Å². The van der Waals surface area contributed by atoms with Gasteiger partial charge in [0.2, 0.25) is 11.8 Å². The number of benzene rings is 1. The average molecular weight is 348 g/mol. The summed E-state index contributed by atoms with van der Waals surface area (Å²) in [6, 6.07) is 7.74. The van der Waals surface area contributed by atoms with E-state index in [9.17, 15) is 4.79 Å². The number of nitrogens with one attached hydrogen (secondary N) is 1. The first kappa shape index (κ1) is 18.4. The zero-order valence-corrected chi connectivity index (χ0v) is 15.4. The third kappa shape index (κ3) is 5.30. The Hall–Kier alpha value is -1.95. The zero-order chi connectivity index (χ0) is 17.5. The molecule has 0 aliphatic heterocycles. The van der Waals surface area contributed by atoms with Gasteiger partial charge < -0.3 is 14.5 Å². The predicted octanol–water partition coefficient (Wildman–Crippen LogP) is 3.74. The van der Waals surface area contributed by atoms with Crippen LogP contribution >= 0.6 is 11.8 Å². The van der Waals surface area contributed by atoms with Crippen LogP contribution in [0.1, 0.15) is 26.5 Å². The molecule has 0 bridgehead atoms. The van der Waals surface area contributed by atoms with Crippen LogP contribution in [-0.2, 0) is 10.5 Å². The molecule has 0 saturated heterocycles. The van der Waals surface area contributed by atoms with Crippen LogP contribution in [-0.4, -0.2) is 29.8 Å². The SMILES string of the molecule is COc1ccc(-c2nc(CSCC(=O)NC(C)C(C)C)co2)cc1. The van der Waals surface area contributed by atoms with Gasteiger partial charge >= 0.3 is 0 Å². The molecule has 0 saturated carbocycles. The van der Waals surface area contributed by atoms with E-state index in [2.05, 4.69) is 24.1 Å². The van der Waals surface area contributed by atoms with Crippen molar-refractivity contribution in [3.8, 4) is 17.2 Å². The molecule has 1 amide bonds. The maximum atomic E-state index is 11.8. The van der Waals surface area contributed by atoms with E-state index >= 15 is 0 Å². The van der Waals surface area contributed by atoms with Gasteiger partial charge in [-0.3, -0.25) is 4.79 Å². The van der Waals surface area contributed by atoms with Gasteiger partial charge in [-0.25, -0.2) is 4.98 Å². The van der Waals surface area contributed by atoms with Crippen LogP contribution in [0.2, 0.25) is 0 Å².